The SMILES string of the molecule is [Ir].[c-]1ccccc1-c1nccc2c1ccc1c(-c3ccccc3)cccc12. The Labute approximate surface area is 172 Å². The molecule has 0 saturated carbocycles. The molecule has 0 atom stereocenters. The van der Waals surface area contributed by atoms with E-state index < -0.39 is 0 Å². The van der Waals surface area contributed by atoms with Crippen molar-refractivity contribution in [3.05, 3.63) is 103 Å². The summed E-state index contributed by atoms with van der Waals surface area (Å²) in [5, 5.41) is 4.90. The van der Waals surface area contributed by atoms with E-state index in [9.17, 15) is 0 Å². The zero-order valence-corrected chi connectivity index (χ0v) is 16.9. The standard InChI is InChI=1S/C25H16N.Ir/c1-3-8-18(9-4-1)20-12-7-13-21-22(20)14-15-24-23(21)16-17-26-25(24)19-10-5-2-6-11-19;/h1-10,12-17H;/q-1;. The number of nitrogens with zero attached hydrogens (tertiary/aromatic N) is 1. The molecule has 0 aliphatic heterocycles. The third-order valence-corrected chi connectivity index (χ3v) is 4.85. The van der Waals surface area contributed by atoms with Gasteiger partial charge in [0.15, 0.2) is 0 Å². The van der Waals surface area contributed by atoms with Crippen LogP contribution in [0.4, 0.5) is 0 Å². The van der Waals surface area contributed by atoms with E-state index in [0.717, 1.165) is 16.6 Å². The molecular formula is C25H16IrN-. The van der Waals surface area contributed by atoms with Gasteiger partial charge in [0.1, 0.15) is 0 Å². The van der Waals surface area contributed by atoms with Gasteiger partial charge in [-0.25, -0.2) is 0 Å². The fraction of sp³-hybridized carbons (Fsp3) is 0. The molecule has 4 aromatic carbocycles. The quantitative estimate of drug-likeness (QED) is 0.190. The second-order valence-corrected chi connectivity index (χ2v) is 6.36. The second-order valence-electron chi connectivity index (χ2n) is 6.36. The number of pyridine rings is 1. The minimum absolute atomic E-state index is 0. The van der Waals surface area contributed by atoms with Crippen molar-refractivity contribution in [1.29, 1.82) is 0 Å². The maximum atomic E-state index is 4.63. The van der Waals surface area contributed by atoms with Gasteiger partial charge >= 0.3 is 0 Å². The van der Waals surface area contributed by atoms with Crippen molar-refractivity contribution in [2.24, 2.45) is 0 Å². The maximum Gasteiger partial charge on any atom is 0.0167 e. The summed E-state index contributed by atoms with van der Waals surface area (Å²) in [6, 6.07) is 34.9. The van der Waals surface area contributed by atoms with Gasteiger partial charge < -0.3 is 4.98 Å². The first-order chi connectivity index (χ1) is 12.9. The first-order valence-corrected chi connectivity index (χ1v) is 8.75. The number of hydrogen-bond acceptors (Lipinski definition) is 1. The third-order valence-electron chi connectivity index (χ3n) is 4.85. The van der Waals surface area contributed by atoms with E-state index in [1.807, 2.05) is 24.4 Å². The summed E-state index contributed by atoms with van der Waals surface area (Å²) in [7, 11) is 0. The Balaban J connectivity index is 0.00000180. The minimum Gasteiger partial charge on any atom is -0.304 e. The average Bonchev–Trinajstić information content (AvgIpc) is 2.74. The number of rotatable bonds is 2. The van der Waals surface area contributed by atoms with Crippen LogP contribution in [-0.2, 0) is 20.1 Å². The summed E-state index contributed by atoms with van der Waals surface area (Å²) >= 11 is 0. The number of fused-ring (bicyclic) bond motifs is 3. The van der Waals surface area contributed by atoms with Crippen molar-refractivity contribution >= 4 is 21.5 Å². The van der Waals surface area contributed by atoms with Crippen molar-refractivity contribution in [2.45, 2.75) is 0 Å². The molecule has 2 heteroatoms. The van der Waals surface area contributed by atoms with Crippen molar-refractivity contribution in [2.75, 3.05) is 0 Å². The number of benzene rings is 4. The summed E-state index contributed by atoms with van der Waals surface area (Å²) in [5.41, 5.74) is 4.50. The minimum atomic E-state index is 0. The molecule has 0 unspecified atom stereocenters. The summed E-state index contributed by atoms with van der Waals surface area (Å²) in [5.74, 6) is 0. The van der Waals surface area contributed by atoms with E-state index in [2.05, 4.69) is 83.8 Å². The molecule has 0 amide bonds. The van der Waals surface area contributed by atoms with Crippen LogP contribution in [0, 0.1) is 6.07 Å². The van der Waals surface area contributed by atoms with Crippen molar-refractivity contribution in [1.82, 2.24) is 4.98 Å². The Morgan fingerprint density at radius 2 is 1.37 bits per heavy atom. The van der Waals surface area contributed by atoms with Crippen LogP contribution in [-0.4, -0.2) is 4.98 Å². The van der Waals surface area contributed by atoms with Crippen LogP contribution >= 0.6 is 0 Å². The van der Waals surface area contributed by atoms with Gasteiger partial charge in [-0.15, -0.1) is 35.9 Å². The van der Waals surface area contributed by atoms with E-state index >= 15 is 0 Å². The average molecular weight is 523 g/mol. The molecule has 0 aliphatic rings. The zero-order valence-electron chi connectivity index (χ0n) is 14.5. The molecule has 0 spiro atoms. The monoisotopic (exact) mass is 523 g/mol. The Morgan fingerprint density at radius 3 is 2.19 bits per heavy atom. The molecule has 5 aromatic rings. The third kappa shape index (κ3) is 3.08. The van der Waals surface area contributed by atoms with Crippen LogP contribution in [0.1, 0.15) is 0 Å². The van der Waals surface area contributed by atoms with Gasteiger partial charge in [0.05, 0.1) is 0 Å². The molecule has 131 valence electrons. The van der Waals surface area contributed by atoms with Crippen LogP contribution in [0.25, 0.3) is 43.9 Å². The Morgan fingerprint density at radius 1 is 0.593 bits per heavy atom. The van der Waals surface area contributed by atoms with Crippen molar-refractivity contribution in [3.8, 4) is 22.4 Å². The molecule has 1 radical (unpaired) electrons. The molecule has 0 fully saturated rings. The van der Waals surface area contributed by atoms with Gasteiger partial charge in [-0.1, -0.05) is 60.7 Å². The molecular weight excluding hydrogens is 506 g/mol. The van der Waals surface area contributed by atoms with Gasteiger partial charge in [0.2, 0.25) is 0 Å². The van der Waals surface area contributed by atoms with Crippen LogP contribution in [0.15, 0.2) is 97.2 Å². The second kappa shape index (κ2) is 7.44. The molecule has 0 N–H and O–H groups in total. The summed E-state index contributed by atoms with van der Waals surface area (Å²) in [4.78, 5) is 4.63. The molecule has 1 heterocycles. The fourth-order valence-electron chi connectivity index (χ4n) is 3.65. The Hall–Kier alpha value is -2.80. The van der Waals surface area contributed by atoms with E-state index in [4.69, 9.17) is 0 Å². The van der Waals surface area contributed by atoms with Crippen LogP contribution in [0.5, 0.6) is 0 Å². The van der Waals surface area contributed by atoms with Crippen LogP contribution in [0.3, 0.4) is 0 Å². The topological polar surface area (TPSA) is 12.9 Å². The van der Waals surface area contributed by atoms with E-state index in [0.29, 0.717) is 0 Å². The van der Waals surface area contributed by atoms with Gasteiger partial charge in [-0.2, -0.15) is 0 Å². The smallest absolute Gasteiger partial charge is 0.0167 e. The number of hydrogen-bond donors (Lipinski definition) is 0. The molecule has 1 nitrogen and oxygen atoms in total. The van der Waals surface area contributed by atoms with Gasteiger partial charge in [0.25, 0.3) is 0 Å². The molecule has 0 saturated heterocycles. The van der Waals surface area contributed by atoms with Crippen LogP contribution < -0.4 is 0 Å². The maximum absolute atomic E-state index is 4.63. The van der Waals surface area contributed by atoms with Crippen LogP contribution in [0.2, 0.25) is 0 Å². The fourth-order valence-corrected chi connectivity index (χ4v) is 3.65. The summed E-state index contributed by atoms with van der Waals surface area (Å²) in [6.45, 7) is 0. The van der Waals surface area contributed by atoms with Crippen molar-refractivity contribution < 1.29 is 20.1 Å². The predicted octanol–water partition coefficient (Wildman–Crippen LogP) is 6.52. The predicted molar refractivity (Wildman–Crippen MR) is 109 cm³/mol. The van der Waals surface area contributed by atoms with Crippen molar-refractivity contribution in [3.63, 3.8) is 0 Å². The zero-order chi connectivity index (χ0) is 17.3. The molecule has 1 aromatic heterocycles. The van der Waals surface area contributed by atoms with Gasteiger partial charge in [-0.3, -0.25) is 0 Å². The molecule has 5 rings (SSSR count). The largest absolute Gasteiger partial charge is 0.304 e. The first-order valence-electron chi connectivity index (χ1n) is 8.75. The normalized spacial score (nSPS) is 10.7. The van der Waals surface area contributed by atoms with Gasteiger partial charge in [-0.05, 0) is 44.4 Å². The molecule has 0 aliphatic carbocycles. The first kappa shape index (κ1) is 17.6. The van der Waals surface area contributed by atoms with E-state index in [1.54, 1.807) is 0 Å². The summed E-state index contributed by atoms with van der Waals surface area (Å²) < 4.78 is 0. The molecule has 27 heavy (non-hydrogen) atoms. The molecule has 0 bridgehead atoms. The Bertz CT molecular complexity index is 1120. The Kier molecular flexibility index (Phi) is 4.85. The van der Waals surface area contributed by atoms with Gasteiger partial charge in [0, 0.05) is 26.3 Å². The van der Waals surface area contributed by atoms with E-state index in [1.165, 1.54) is 27.3 Å². The number of aromatic nitrogens is 1. The summed E-state index contributed by atoms with van der Waals surface area (Å²) in [6.07, 6.45) is 1.90. The van der Waals surface area contributed by atoms with E-state index in [-0.39, 0.29) is 20.1 Å².